The molecule has 0 bridgehead atoms. The van der Waals surface area contributed by atoms with Crippen molar-refractivity contribution >= 4 is 22.6 Å². The zero-order chi connectivity index (χ0) is 15.8. The third kappa shape index (κ3) is 2.96. The lowest BCUT2D eigenvalue weighted by atomic mass is 10.2. The quantitative estimate of drug-likeness (QED) is 0.923. The molecule has 2 aliphatic rings. The van der Waals surface area contributed by atoms with Gasteiger partial charge in [-0.05, 0) is 25.0 Å². The van der Waals surface area contributed by atoms with Crippen molar-refractivity contribution in [1.29, 1.82) is 0 Å². The number of aromatic nitrogens is 2. The van der Waals surface area contributed by atoms with E-state index in [1.165, 1.54) is 18.5 Å². The molecule has 2 heterocycles. The van der Waals surface area contributed by atoms with Gasteiger partial charge in [-0.15, -0.1) is 0 Å². The summed E-state index contributed by atoms with van der Waals surface area (Å²) < 4.78 is 19.0. The molecule has 1 atom stereocenters. The minimum atomic E-state index is -0.505. The maximum atomic E-state index is 13.4. The number of nitrogens with zero attached hydrogens (tertiary/aromatic N) is 3. The van der Waals surface area contributed by atoms with Crippen molar-refractivity contribution in [2.45, 2.75) is 25.0 Å². The Bertz CT molecular complexity index is 750. The summed E-state index contributed by atoms with van der Waals surface area (Å²) in [5.74, 6) is 0.315. The number of amides is 1. The van der Waals surface area contributed by atoms with Crippen molar-refractivity contribution in [3.05, 3.63) is 30.3 Å². The Labute approximate surface area is 132 Å². The monoisotopic (exact) mass is 316 g/mol. The number of benzene rings is 1. The second kappa shape index (κ2) is 5.73. The molecule has 1 saturated carbocycles. The SMILES string of the molecule is O=C(NC1CC1)C1CN(c2ncnc3cc(F)ccc23)CCO1. The second-order valence-corrected chi connectivity index (χ2v) is 5.95. The maximum Gasteiger partial charge on any atom is 0.251 e. The highest BCUT2D eigenvalue weighted by Gasteiger charge is 2.32. The lowest BCUT2D eigenvalue weighted by Crippen LogP contribution is -2.50. The van der Waals surface area contributed by atoms with E-state index in [2.05, 4.69) is 15.3 Å². The van der Waals surface area contributed by atoms with Gasteiger partial charge in [0.25, 0.3) is 5.91 Å². The third-order valence-corrected chi connectivity index (χ3v) is 4.16. The summed E-state index contributed by atoms with van der Waals surface area (Å²) in [5, 5.41) is 3.74. The summed E-state index contributed by atoms with van der Waals surface area (Å²) in [7, 11) is 0. The Morgan fingerprint density at radius 3 is 3.04 bits per heavy atom. The normalized spacial score (nSPS) is 21.4. The number of rotatable bonds is 3. The molecule has 1 aromatic carbocycles. The summed E-state index contributed by atoms with van der Waals surface area (Å²) in [5.41, 5.74) is 0.556. The summed E-state index contributed by atoms with van der Waals surface area (Å²) in [4.78, 5) is 22.6. The minimum Gasteiger partial charge on any atom is -0.365 e. The maximum absolute atomic E-state index is 13.4. The molecule has 23 heavy (non-hydrogen) atoms. The number of hydrogen-bond acceptors (Lipinski definition) is 5. The summed E-state index contributed by atoms with van der Waals surface area (Å²) in [6, 6.07) is 4.77. The number of hydrogen-bond donors (Lipinski definition) is 1. The molecular weight excluding hydrogens is 299 g/mol. The van der Waals surface area contributed by atoms with Gasteiger partial charge in [-0.1, -0.05) is 0 Å². The van der Waals surface area contributed by atoms with Gasteiger partial charge in [0.2, 0.25) is 0 Å². The predicted octanol–water partition coefficient (Wildman–Crippen LogP) is 1.25. The molecule has 1 aromatic heterocycles. The summed E-state index contributed by atoms with van der Waals surface area (Å²) >= 11 is 0. The fourth-order valence-corrected chi connectivity index (χ4v) is 2.79. The highest BCUT2D eigenvalue weighted by atomic mass is 19.1. The molecule has 0 spiro atoms. The van der Waals surface area contributed by atoms with Gasteiger partial charge < -0.3 is 15.0 Å². The number of anilines is 1. The van der Waals surface area contributed by atoms with Crippen molar-refractivity contribution < 1.29 is 13.9 Å². The Hall–Kier alpha value is -2.28. The van der Waals surface area contributed by atoms with Crippen LogP contribution in [-0.2, 0) is 9.53 Å². The van der Waals surface area contributed by atoms with E-state index < -0.39 is 6.10 Å². The molecule has 2 fully saturated rings. The number of morpholine rings is 1. The van der Waals surface area contributed by atoms with Crippen molar-refractivity contribution in [3.63, 3.8) is 0 Å². The number of carbonyl (C=O) groups excluding carboxylic acids is 1. The topological polar surface area (TPSA) is 67.4 Å². The molecular formula is C16H17FN4O2. The third-order valence-electron chi connectivity index (χ3n) is 4.16. The molecule has 1 N–H and O–H groups in total. The zero-order valence-corrected chi connectivity index (χ0v) is 12.5. The first-order valence-corrected chi connectivity index (χ1v) is 7.78. The van der Waals surface area contributed by atoms with Gasteiger partial charge in [-0.25, -0.2) is 14.4 Å². The van der Waals surface area contributed by atoms with Crippen molar-refractivity contribution in [3.8, 4) is 0 Å². The number of fused-ring (bicyclic) bond motifs is 1. The lowest BCUT2D eigenvalue weighted by molar-refractivity contribution is -0.133. The Balaban J connectivity index is 1.58. The van der Waals surface area contributed by atoms with Crippen LogP contribution >= 0.6 is 0 Å². The van der Waals surface area contributed by atoms with Gasteiger partial charge >= 0.3 is 0 Å². The molecule has 0 radical (unpaired) electrons. The van der Waals surface area contributed by atoms with Crippen LogP contribution in [0.15, 0.2) is 24.5 Å². The molecule has 1 unspecified atom stereocenters. The van der Waals surface area contributed by atoms with E-state index >= 15 is 0 Å². The molecule has 6 nitrogen and oxygen atoms in total. The van der Waals surface area contributed by atoms with Crippen molar-refractivity contribution in [2.75, 3.05) is 24.6 Å². The van der Waals surface area contributed by atoms with E-state index in [9.17, 15) is 9.18 Å². The number of nitrogens with one attached hydrogen (secondary N) is 1. The van der Waals surface area contributed by atoms with Crippen molar-refractivity contribution in [2.24, 2.45) is 0 Å². The minimum absolute atomic E-state index is 0.0680. The fraction of sp³-hybridized carbons (Fsp3) is 0.438. The lowest BCUT2D eigenvalue weighted by Gasteiger charge is -2.33. The van der Waals surface area contributed by atoms with Crippen LogP contribution in [0.4, 0.5) is 10.2 Å². The molecule has 7 heteroatoms. The first-order valence-electron chi connectivity index (χ1n) is 7.78. The molecule has 1 aliphatic carbocycles. The van der Waals surface area contributed by atoms with Crippen LogP contribution in [0.25, 0.3) is 10.9 Å². The van der Waals surface area contributed by atoms with Crippen LogP contribution in [0, 0.1) is 5.82 Å². The van der Waals surface area contributed by atoms with Crippen LogP contribution in [0.5, 0.6) is 0 Å². The number of ether oxygens (including phenoxy) is 1. The second-order valence-electron chi connectivity index (χ2n) is 5.95. The fourth-order valence-electron chi connectivity index (χ4n) is 2.79. The van der Waals surface area contributed by atoms with E-state index in [0.717, 1.165) is 18.2 Å². The average Bonchev–Trinajstić information content (AvgIpc) is 3.38. The van der Waals surface area contributed by atoms with E-state index in [4.69, 9.17) is 4.74 Å². The smallest absolute Gasteiger partial charge is 0.251 e. The largest absolute Gasteiger partial charge is 0.365 e. The van der Waals surface area contributed by atoms with E-state index in [-0.39, 0.29) is 11.7 Å². The van der Waals surface area contributed by atoms with Crippen LogP contribution in [0.1, 0.15) is 12.8 Å². The van der Waals surface area contributed by atoms with Gasteiger partial charge in [-0.3, -0.25) is 4.79 Å². The first-order chi connectivity index (χ1) is 11.2. The van der Waals surface area contributed by atoms with E-state index in [1.807, 2.05) is 4.90 Å². The predicted molar refractivity (Wildman–Crippen MR) is 82.6 cm³/mol. The molecule has 1 aliphatic heterocycles. The first kappa shape index (κ1) is 14.3. The van der Waals surface area contributed by atoms with Crippen LogP contribution < -0.4 is 10.2 Å². The van der Waals surface area contributed by atoms with Gasteiger partial charge in [0.05, 0.1) is 18.7 Å². The van der Waals surface area contributed by atoms with Crippen LogP contribution in [0.3, 0.4) is 0 Å². The van der Waals surface area contributed by atoms with Gasteiger partial charge in [-0.2, -0.15) is 0 Å². The highest BCUT2D eigenvalue weighted by molar-refractivity contribution is 5.90. The molecule has 120 valence electrons. The number of carbonyl (C=O) groups is 1. The Morgan fingerprint density at radius 2 is 2.22 bits per heavy atom. The van der Waals surface area contributed by atoms with E-state index in [1.54, 1.807) is 6.07 Å². The average molecular weight is 316 g/mol. The Kier molecular flexibility index (Phi) is 3.57. The Morgan fingerprint density at radius 1 is 1.35 bits per heavy atom. The standard InChI is InChI=1S/C16H17FN4O2/c17-10-1-4-12-13(7-10)18-9-19-15(12)21-5-6-23-14(8-21)16(22)20-11-2-3-11/h1,4,7,9,11,14H,2-3,5-6,8H2,(H,20,22). The van der Waals surface area contributed by atoms with Gasteiger partial charge in [0.15, 0.2) is 6.10 Å². The van der Waals surface area contributed by atoms with Gasteiger partial charge in [0.1, 0.15) is 18.0 Å². The van der Waals surface area contributed by atoms with Gasteiger partial charge in [0, 0.05) is 24.0 Å². The van der Waals surface area contributed by atoms with E-state index in [0.29, 0.717) is 37.1 Å². The number of halogens is 1. The molecule has 2 aromatic rings. The molecule has 4 rings (SSSR count). The molecule has 1 saturated heterocycles. The summed E-state index contributed by atoms with van der Waals surface area (Å²) in [6.45, 7) is 1.52. The van der Waals surface area contributed by atoms with Crippen LogP contribution in [-0.4, -0.2) is 47.7 Å². The summed E-state index contributed by atoms with van der Waals surface area (Å²) in [6.07, 6.45) is 3.01. The zero-order valence-electron chi connectivity index (χ0n) is 12.5. The van der Waals surface area contributed by atoms with Crippen LogP contribution in [0.2, 0.25) is 0 Å². The highest BCUT2D eigenvalue weighted by Crippen LogP contribution is 2.25. The van der Waals surface area contributed by atoms with Crippen molar-refractivity contribution in [1.82, 2.24) is 15.3 Å². The molecule has 1 amide bonds.